The van der Waals surface area contributed by atoms with Crippen LogP contribution in [0.25, 0.3) is 0 Å². The van der Waals surface area contributed by atoms with Crippen LogP contribution in [0.4, 0.5) is 0 Å². The van der Waals surface area contributed by atoms with E-state index in [4.69, 9.17) is 24.7 Å². The number of hydrogen-bond acceptors (Lipinski definition) is 5. The lowest BCUT2D eigenvalue weighted by Gasteiger charge is -2.14. The van der Waals surface area contributed by atoms with Gasteiger partial charge >= 0.3 is 0 Å². The lowest BCUT2D eigenvalue weighted by Crippen LogP contribution is -2.11. The lowest BCUT2D eigenvalue weighted by molar-refractivity contribution is 0.209. The molecule has 0 aromatic heterocycles. The van der Waals surface area contributed by atoms with E-state index >= 15 is 0 Å². The third-order valence-corrected chi connectivity index (χ3v) is 3.36. The van der Waals surface area contributed by atoms with Crippen molar-refractivity contribution in [2.45, 2.75) is 6.42 Å². The molecule has 0 spiro atoms. The van der Waals surface area contributed by atoms with Crippen molar-refractivity contribution in [1.29, 1.82) is 0 Å². The summed E-state index contributed by atoms with van der Waals surface area (Å²) in [7, 11) is 3.25. The average Bonchev–Trinajstić information content (AvgIpc) is 2.60. The van der Waals surface area contributed by atoms with Gasteiger partial charge in [0.25, 0.3) is 0 Å². The Bertz CT molecular complexity index is 616. The van der Waals surface area contributed by atoms with E-state index in [2.05, 4.69) is 0 Å². The molecule has 0 saturated carbocycles. The Morgan fingerprint density at radius 2 is 1.52 bits per heavy atom. The predicted octanol–water partition coefficient (Wildman–Crippen LogP) is 2.66. The Morgan fingerprint density at radius 3 is 2.17 bits per heavy atom. The molecule has 23 heavy (non-hydrogen) atoms. The van der Waals surface area contributed by atoms with Crippen LogP contribution in [-0.4, -0.2) is 34.0 Å². The van der Waals surface area contributed by atoms with Gasteiger partial charge in [-0.15, -0.1) is 0 Å². The first-order valence-electron chi connectivity index (χ1n) is 7.54. The molecule has 0 radical (unpaired) electrons. The van der Waals surface area contributed by atoms with Crippen molar-refractivity contribution in [2.24, 2.45) is 5.73 Å². The summed E-state index contributed by atoms with van der Waals surface area (Å²) in [5, 5.41) is 0. The Kier molecular flexibility index (Phi) is 6.56. The van der Waals surface area contributed by atoms with Gasteiger partial charge in [-0.25, -0.2) is 0 Å². The van der Waals surface area contributed by atoms with Gasteiger partial charge in [-0.3, -0.25) is 0 Å². The van der Waals surface area contributed by atoms with Crippen molar-refractivity contribution in [3.63, 3.8) is 0 Å². The molecular weight excluding hydrogens is 294 g/mol. The van der Waals surface area contributed by atoms with E-state index in [9.17, 15) is 0 Å². The van der Waals surface area contributed by atoms with Gasteiger partial charge in [0.1, 0.15) is 24.7 Å². The summed E-state index contributed by atoms with van der Waals surface area (Å²) in [6.45, 7) is 1.41. The molecule has 0 unspecified atom stereocenters. The van der Waals surface area contributed by atoms with Crippen LogP contribution in [0, 0.1) is 0 Å². The van der Waals surface area contributed by atoms with Crippen molar-refractivity contribution in [1.82, 2.24) is 0 Å². The number of methoxy groups -OCH3 is 2. The van der Waals surface area contributed by atoms with Crippen LogP contribution in [0.5, 0.6) is 23.0 Å². The van der Waals surface area contributed by atoms with Crippen LogP contribution < -0.4 is 24.7 Å². The van der Waals surface area contributed by atoms with Crippen molar-refractivity contribution in [2.75, 3.05) is 34.0 Å². The number of nitrogens with two attached hydrogens (primary N) is 1. The van der Waals surface area contributed by atoms with Crippen LogP contribution in [0.15, 0.2) is 42.5 Å². The lowest BCUT2D eigenvalue weighted by atomic mass is 10.1. The highest BCUT2D eigenvalue weighted by Gasteiger charge is 2.07. The highest BCUT2D eigenvalue weighted by atomic mass is 16.5. The summed E-state index contributed by atoms with van der Waals surface area (Å²) in [5.41, 5.74) is 6.70. The van der Waals surface area contributed by atoms with E-state index in [-0.39, 0.29) is 0 Å². The van der Waals surface area contributed by atoms with Crippen molar-refractivity contribution in [3.8, 4) is 23.0 Å². The predicted molar refractivity (Wildman–Crippen MR) is 89.7 cm³/mol. The Balaban J connectivity index is 1.92. The molecular formula is C18H23NO4. The molecule has 5 nitrogen and oxygen atoms in total. The third kappa shape index (κ3) is 4.79. The highest BCUT2D eigenvalue weighted by Crippen LogP contribution is 2.27. The minimum atomic E-state index is 0.416. The summed E-state index contributed by atoms with van der Waals surface area (Å²) in [6.07, 6.45) is 0.757. The largest absolute Gasteiger partial charge is 0.497 e. The maximum Gasteiger partial charge on any atom is 0.161 e. The molecule has 0 aliphatic rings. The van der Waals surface area contributed by atoms with Gasteiger partial charge in [0.2, 0.25) is 0 Å². The third-order valence-electron chi connectivity index (χ3n) is 3.36. The minimum absolute atomic E-state index is 0.416. The van der Waals surface area contributed by atoms with Crippen LogP contribution in [0.1, 0.15) is 5.56 Å². The first-order chi connectivity index (χ1) is 11.3. The highest BCUT2D eigenvalue weighted by molar-refractivity contribution is 5.41. The number of ether oxygens (including phenoxy) is 4. The molecule has 2 aromatic carbocycles. The smallest absolute Gasteiger partial charge is 0.161 e. The number of hydrogen-bond donors (Lipinski definition) is 1. The molecule has 0 aliphatic carbocycles. The molecule has 5 heteroatoms. The van der Waals surface area contributed by atoms with Gasteiger partial charge in [0.15, 0.2) is 11.5 Å². The zero-order valence-electron chi connectivity index (χ0n) is 13.6. The average molecular weight is 317 g/mol. The quantitative estimate of drug-likeness (QED) is 0.720. The van der Waals surface area contributed by atoms with Crippen molar-refractivity contribution >= 4 is 0 Å². The number of benzene rings is 2. The first kappa shape index (κ1) is 17.0. The molecule has 0 bridgehead atoms. The van der Waals surface area contributed by atoms with Crippen LogP contribution in [0.3, 0.4) is 0 Å². The molecule has 124 valence electrons. The van der Waals surface area contributed by atoms with E-state index < -0.39 is 0 Å². The Labute approximate surface area is 136 Å². The second kappa shape index (κ2) is 8.90. The molecule has 2 aromatic rings. The minimum Gasteiger partial charge on any atom is -0.497 e. The van der Waals surface area contributed by atoms with Gasteiger partial charge in [-0.1, -0.05) is 18.2 Å². The molecule has 0 amide bonds. The number of para-hydroxylation sites is 2. The van der Waals surface area contributed by atoms with E-state index in [1.165, 1.54) is 0 Å². The van der Waals surface area contributed by atoms with Crippen LogP contribution in [-0.2, 0) is 6.42 Å². The van der Waals surface area contributed by atoms with E-state index in [0.717, 1.165) is 23.5 Å². The van der Waals surface area contributed by atoms with E-state index in [1.54, 1.807) is 14.2 Å². The molecule has 0 atom stereocenters. The molecule has 2 rings (SSSR count). The zero-order chi connectivity index (χ0) is 16.5. The fourth-order valence-electron chi connectivity index (χ4n) is 2.20. The number of rotatable bonds is 9. The molecule has 2 N–H and O–H groups in total. The maximum atomic E-state index is 5.83. The van der Waals surface area contributed by atoms with Crippen molar-refractivity contribution < 1.29 is 18.9 Å². The normalized spacial score (nSPS) is 10.2. The second-order valence-electron chi connectivity index (χ2n) is 4.86. The molecule has 0 saturated heterocycles. The molecule has 0 fully saturated rings. The van der Waals surface area contributed by atoms with E-state index in [1.807, 2.05) is 42.5 Å². The zero-order valence-corrected chi connectivity index (χ0v) is 13.6. The summed E-state index contributed by atoms with van der Waals surface area (Å²) in [6, 6.07) is 13.3. The molecule has 0 aliphatic heterocycles. The van der Waals surface area contributed by atoms with Gasteiger partial charge in [-0.2, -0.15) is 0 Å². The van der Waals surface area contributed by atoms with Gasteiger partial charge < -0.3 is 24.7 Å². The Hall–Kier alpha value is -2.40. The molecule has 0 heterocycles. The monoisotopic (exact) mass is 317 g/mol. The van der Waals surface area contributed by atoms with Crippen LogP contribution >= 0.6 is 0 Å². The first-order valence-corrected chi connectivity index (χ1v) is 7.54. The fraction of sp³-hybridized carbons (Fsp3) is 0.333. The maximum absolute atomic E-state index is 5.83. The van der Waals surface area contributed by atoms with E-state index in [0.29, 0.717) is 31.3 Å². The summed E-state index contributed by atoms with van der Waals surface area (Å²) in [4.78, 5) is 0. The topological polar surface area (TPSA) is 62.9 Å². The summed E-state index contributed by atoms with van der Waals surface area (Å²) in [5.74, 6) is 2.94. The summed E-state index contributed by atoms with van der Waals surface area (Å²) >= 11 is 0. The van der Waals surface area contributed by atoms with Crippen LogP contribution in [0.2, 0.25) is 0 Å². The van der Waals surface area contributed by atoms with Crippen molar-refractivity contribution in [3.05, 3.63) is 48.0 Å². The Morgan fingerprint density at radius 1 is 0.826 bits per heavy atom. The van der Waals surface area contributed by atoms with Gasteiger partial charge in [0, 0.05) is 6.07 Å². The fourth-order valence-corrected chi connectivity index (χ4v) is 2.20. The standard InChI is InChI=1S/C18H23NO4/c1-20-15-8-7-14(9-10-19)18(13-15)23-12-11-22-17-6-4-3-5-16(17)21-2/h3-8,13H,9-12,19H2,1-2H3. The van der Waals surface area contributed by atoms with Gasteiger partial charge in [0.05, 0.1) is 14.2 Å². The second-order valence-corrected chi connectivity index (χ2v) is 4.86. The summed E-state index contributed by atoms with van der Waals surface area (Å²) < 4.78 is 22.0. The van der Waals surface area contributed by atoms with Gasteiger partial charge in [-0.05, 0) is 36.7 Å². The SMILES string of the molecule is COc1ccc(CCN)c(OCCOc2ccccc2OC)c1.